The SMILES string of the molecule is CC/C=C\C/C=C\C/C=C\C/C=C\C/C=C\C/C=C\C(CC(=O)NC(CO)C(O)CCCCCCCCCCCCC)OC(=O)CCCCCCCCCCCCCCCC. The van der Waals surface area contributed by atoms with E-state index in [0.717, 1.165) is 70.6 Å². The van der Waals surface area contributed by atoms with Gasteiger partial charge in [0.15, 0.2) is 0 Å². The zero-order chi connectivity index (χ0) is 44.5. The van der Waals surface area contributed by atoms with Gasteiger partial charge in [0.2, 0.25) is 5.91 Å². The minimum absolute atomic E-state index is 0.0473. The van der Waals surface area contributed by atoms with Gasteiger partial charge in [0.1, 0.15) is 6.10 Å². The lowest BCUT2D eigenvalue weighted by atomic mass is 10.0. The third-order valence-electron chi connectivity index (χ3n) is 11.3. The molecule has 0 spiro atoms. The summed E-state index contributed by atoms with van der Waals surface area (Å²) in [6, 6.07) is -0.743. The maximum absolute atomic E-state index is 13.2. The number of amides is 1. The van der Waals surface area contributed by atoms with Gasteiger partial charge < -0.3 is 20.3 Å². The van der Waals surface area contributed by atoms with E-state index in [1.165, 1.54) is 122 Å². The lowest BCUT2D eigenvalue weighted by Gasteiger charge is -2.23. The molecule has 0 saturated heterocycles. The number of esters is 1. The molecule has 0 radical (unpaired) electrons. The molecule has 0 heterocycles. The van der Waals surface area contributed by atoms with Crippen LogP contribution >= 0.6 is 0 Å². The monoisotopic (exact) mass is 852 g/mol. The predicted molar refractivity (Wildman–Crippen MR) is 264 cm³/mol. The van der Waals surface area contributed by atoms with Gasteiger partial charge in [-0.3, -0.25) is 9.59 Å². The van der Waals surface area contributed by atoms with Crippen LogP contribution in [0.25, 0.3) is 0 Å². The Labute approximate surface area is 377 Å². The Morgan fingerprint density at radius 3 is 1.25 bits per heavy atom. The molecule has 0 saturated carbocycles. The maximum atomic E-state index is 13.2. The number of allylic oxidation sites excluding steroid dienone is 11. The fraction of sp³-hybridized carbons (Fsp3) is 0.745. The van der Waals surface area contributed by atoms with E-state index in [4.69, 9.17) is 4.74 Å². The van der Waals surface area contributed by atoms with Gasteiger partial charge >= 0.3 is 5.97 Å². The Balaban J connectivity index is 4.77. The molecule has 6 nitrogen and oxygen atoms in total. The van der Waals surface area contributed by atoms with Crippen molar-refractivity contribution < 1.29 is 24.5 Å². The summed E-state index contributed by atoms with van der Waals surface area (Å²) in [5.41, 5.74) is 0. The van der Waals surface area contributed by atoms with Gasteiger partial charge in [0.25, 0.3) is 0 Å². The lowest BCUT2D eigenvalue weighted by molar-refractivity contribution is -0.148. The molecular weight excluding hydrogens is 755 g/mol. The maximum Gasteiger partial charge on any atom is 0.306 e. The minimum atomic E-state index is -0.820. The molecule has 0 aliphatic carbocycles. The smallest absolute Gasteiger partial charge is 0.306 e. The van der Waals surface area contributed by atoms with Gasteiger partial charge in [0.05, 0.1) is 25.2 Å². The molecule has 0 bridgehead atoms. The van der Waals surface area contributed by atoms with E-state index in [0.29, 0.717) is 19.3 Å². The number of aliphatic hydroxyl groups is 2. The molecule has 3 atom stereocenters. The van der Waals surface area contributed by atoms with E-state index in [1.54, 1.807) is 6.08 Å². The van der Waals surface area contributed by atoms with Crippen LogP contribution in [0.15, 0.2) is 72.9 Å². The van der Waals surface area contributed by atoms with Gasteiger partial charge in [-0.25, -0.2) is 0 Å². The molecule has 0 aliphatic heterocycles. The second-order valence-corrected chi connectivity index (χ2v) is 17.2. The second-order valence-electron chi connectivity index (χ2n) is 17.2. The number of rotatable bonds is 45. The molecule has 0 fully saturated rings. The molecular formula is C55H97NO5. The van der Waals surface area contributed by atoms with Crippen LogP contribution in [0.5, 0.6) is 0 Å². The highest BCUT2D eigenvalue weighted by Crippen LogP contribution is 2.16. The largest absolute Gasteiger partial charge is 0.458 e. The van der Waals surface area contributed by atoms with E-state index >= 15 is 0 Å². The fourth-order valence-electron chi connectivity index (χ4n) is 7.43. The topological polar surface area (TPSA) is 95.9 Å². The summed E-state index contributed by atoms with van der Waals surface area (Å²) in [6.45, 7) is 6.33. The highest BCUT2D eigenvalue weighted by molar-refractivity contribution is 5.78. The van der Waals surface area contributed by atoms with E-state index < -0.39 is 18.2 Å². The summed E-state index contributed by atoms with van der Waals surface area (Å²) in [7, 11) is 0. The van der Waals surface area contributed by atoms with Gasteiger partial charge in [-0.15, -0.1) is 0 Å². The highest BCUT2D eigenvalue weighted by atomic mass is 16.5. The summed E-state index contributed by atoms with van der Waals surface area (Å²) in [5.74, 6) is -0.627. The van der Waals surface area contributed by atoms with Crippen molar-refractivity contribution in [3.63, 3.8) is 0 Å². The molecule has 0 aromatic heterocycles. The minimum Gasteiger partial charge on any atom is -0.458 e. The molecule has 3 unspecified atom stereocenters. The Bertz CT molecular complexity index is 1140. The number of hydrogen-bond donors (Lipinski definition) is 3. The molecule has 1 amide bonds. The van der Waals surface area contributed by atoms with E-state index in [1.807, 2.05) is 6.08 Å². The average molecular weight is 852 g/mol. The molecule has 3 N–H and O–H groups in total. The van der Waals surface area contributed by atoms with Gasteiger partial charge in [-0.05, 0) is 57.4 Å². The molecule has 0 aromatic carbocycles. The summed E-state index contributed by atoms with van der Waals surface area (Å²) in [5, 5.41) is 23.7. The summed E-state index contributed by atoms with van der Waals surface area (Å²) in [4.78, 5) is 26.1. The number of unbranched alkanes of at least 4 members (excludes halogenated alkanes) is 23. The predicted octanol–water partition coefficient (Wildman–Crippen LogP) is 15.4. The number of hydrogen-bond acceptors (Lipinski definition) is 5. The second kappa shape index (κ2) is 48.3. The van der Waals surface area contributed by atoms with Crippen molar-refractivity contribution in [3.05, 3.63) is 72.9 Å². The van der Waals surface area contributed by atoms with Crippen molar-refractivity contribution in [2.24, 2.45) is 0 Å². The first kappa shape index (κ1) is 58.3. The van der Waals surface area contributed by atoms with Crippen LogP contribution in [-0.2, 0) is 14.3 Å². The van der Waals surface area contributed by atoms with Crippen molar-refractivity contribution in [1.29, 1.82) is 0 Å². The standard InChI is InChI=1S/C55H97NO5/c1-4-7-10-13-16-19-22-24-26-27-28-29-32-34-37-40-43-46-51(61-55(60)48-45-42-39-36-33-30-25-23-20-17-14-11-8-5-2)49-54(59)56-52(50-57)53(58)47-44-41-38-35-31-21-18-15-12-9-6-3/h7,10,16,19,24,26,28-29,34,37,43,46,51-53,57-58H,4-6,8-9,11-15,17-18,20-23,25,27,30-33,35-36,38-42,44-45,47-50H2,1-3H3,(H,56,59)/b10-7-,19-16-,26-24-,29-28-,37-34-,46-43-. The molecule has 6 heteroatoms. The number of aliphatic hydroxyl groups excluding tert-OH is 2. The quantitative estimate of drug-likeness (QED) is 0.0322. The molecule has 0 aromatic rings. The van der Waals surface area contributed by atoms with E-state index in [-0.39, 0.29) is 24.9 Å². The van der Waals surface area contributed by atoms with E-state index in [9.17, 15) is 19.8 Å². The molecule has 61 heavy (non-hydrogen) atoms. The van der Waals surface area contributed by atoms with Crippen molar-refractivity contribution in [1.82, 2.24) is 5.32 Å². The van der Waals surface area contributed by atoms with Crippen molar-refractivity contribution >= 4 is 11.9 Å². The Morgan fingerprint density at radius 2 is 0.852 bits per heavy atom. The van der Waals surface area contributed by atoms with Crippen LogP contribution in [0.3, 0.4) is 0 Å². The molecule has 0 aliphatic rings. The van der Waals surface area contributed by atoms with Gasteiger partial charge in [-0.2, -0.15) is 0 Å². The Morgan fingerprint density at radius 1 is 0.492 bits per heavy atom. The third kappa shape index (κ3) is 43.7. The third-order valence-corrected chi connectivity index (χ3v) is 11.3. The highest BCUT2D eigenvalue weighted by Gasteiger charge is 2.23. The summed E-state index contributed by atoms with van der Waals surface area (Å²) >= 11 is 0. The Kier molecular flexibility index (Phi) is 46.2. The average Bonchev–Trinajstić information content (AvgIpc) is 3.25. The molecule has 0 rings (SSSR count). The summed E-state index contributed by atoms with van der Waals surface area (Å²) in [6.07, 6.45) is 61.3. The van der Waals surface area contributed by atoms with Gasteiger partial charge in [0, 0.05) is 6.42 Å². The van der Waals surface area contributed by atoms with Crippen molar-refractivity contribution in [2.75, 3.05) is 6.61 Å². The van der Waals surface area contributed by atoms with Gasteiger partial charge in [-0.1, -0.05) is 242 Å². The first-order valence-corrected chi connectivity index (χ1v) is 25.7. The van der Waals surface area contributed by atoms with Crippen LogP contribution in [0, 0.1) is 0 Å². The Hall–Kier alpha value is -2.70. The lowest BCUT2D eigenvalue weighted by Crippen LogP contribution is -2.46. The van der Waals surface area contributed by atoms with Crippen LogP contribution in [0.4, 0.5) is 0 Å². The molecule has 352 valence electrons. The van der Waals surface area contributed by atoms with Crippen molar-refractivity contribution in [3.8, 4) is 0 Å². The summed E-state index contributed by atoms with van der Waals surface area (Å²) < 4.78 is 5.82. The van der Waals surface area contributed by atoms with Crippen LogP contribution in [0.2, 0.25) is 0 Å². The number of nitrogens with one attached hydrogen (secondary N) is 1. The first-order chi connectivity index (χ1) is 30.0. The number of ether oxygens (including phenoxy) is 1. The van der Waals surface area contributed by atoms with Crippen molar-refractivity contribution in [2.45, 2.75) is 257 Å². The van der Waals surface area contributed by atoms with E-state index in [2.05, 4.69) is 86.8 Å². The van der Waals surface area contributed by atoms with Crippen LogP contribution in [-0.4, -0.2) is 46.9 Å². The number of carbonyl (C=O) groups is 2. The zero-order valence-corrected chi connectivity index (χ0v) is 40.0. The fourth-order valence-corrected chi connectivity index (χ4v) is 7.43. The first-order valence-electron chi connectivity index (χ1n) is 25.7. The number of carbonyl (C=O) groups excluding carboxylic acids is 2. The normalized spacial score (nSPS) is 13.9. The van der Waals surface area contributed by atoms with Crippen LogP contribution < -0.4 is 5.32 Å². The van der Waals surface area contributed by atoms with Crippen LogP contribution in [0.1, 0.15) is 239 Å². The zero-order valence-electron chi connectivity index (χ0n) is 40.0.